The van der Waals surface area contributed by atoms with Crippen LogP contribution in [-0.2, 0) is 9.59 Å². The first-order valence-electron chi connectivity index (χ1n) is 8.77. The lowest BCUT2D eigenvalue weighted by atomic mass is 9.98. The van der Waals surface area contributed by atoms with Gasteiger partial charge in [-0.25, -0.2) is 4.79 Å². The van der Waals surface area contributed by atoms with E-state index in [1.807, 2.05) is 24.3 Å². The molecular formula is C21H17NO5S2. The third-order valence-electron chi connectivity index (χ3n) is 4.34. The number of rotatable bonds is 7. The topological polar surface area (TPSA) is 94.9 Å². The van der Waals surface area contributed by atoms with E-state index in [1.165, 1.54) is 28.8 Å². The minimum Gasteiger partial charge on any atom is -0.481 e. The van der Waals surface area contributed by atoms with Gasteiger partial charge in [0.1, 0.15) is 4.32 Å². The molecule has 8 heteroatoms. The summed E-state index contributed by atoms with van der Waals surface area (Å²) in [5.41, 5.74) is 2.70. The fraction of sp³-hybridized carbons (Fsp3) is 0.143. The zero-order chi connectivity index (χ0) is 21.0. The van der Waals surface area contributed by atoms with Crippen LogP contribution in [0.3, 0.4) is 0 Å². The minimum atomic E-state index is -0.989. The van der Waals surface area contributed by atoms with Gasteiger partial charge in [-0.05, 0) is 41.3 Å². The van der Waals surface area contributed by atoms with Crippen molar-refractivity contribution in [3.63, 3.8) is 0 Å². The Hall–Kier alpha value is -2.97. The highest BCUT2D eigenvalue weighted by molar-refractivity contribution is 8.26. The van der Waals surface area contributed by atoms with Crippen molar-refractivity contribution in [2.75, 3.05) is 6.54 Å². The maximum Gasteiger partial charge on any atom is 0.335 e. The quantitative estimate of drug-likeness (QED) is 0.507. The van der Waals surface area contributed by atoms with Crippen LogP contribution in [0.4, 0.5) is 0 Å². The van der Waals surface area contributed by atoms with Crippen molar-refractivity contribution in [3.8, 4) is 11.1 Å². The van der Waals surface area contributed by atoms with Crippen molar-refractivity contribution in [1.29, 1.82) is 0 Å². The number of benzene rings is 2. The second kappa shape index (κ2) is 9.02. The molecule has 0 atom stereocenters. The molecule has 1 saturated heterocycles. The lowest BCUT2D eigenvalue weighted by Crippen LogP contribution is -2.29. The van der Waals surface area contributed by atoms with E-state index in [9.17, 15) is 14.4 Å². The number of aliphatic carboxylic acids is 1. The van der Waals surface area contributed by atoms with Crippen molar-refractivity contribution in [2.45, 2.75) is 12.8 Å². The Labute approximate surface area is 176 Å². The van der Waals surface area contributed by atoms with Gasteiger partial charge in [0, 0.05) is 13.0 Å². The van der Waals surface area contributed by atoms with E-state index in [0.29, 0.717) is 15.6 Å². The summed E-state index contributed by atoms with van der Waals surface area (Å²) in [6.45, 7) is 0.270. The first-order valence-corrected chi connectivity index (χ1v) is 9.99. The standard InChI is InChI=1S/C21H17NO5S2/c23-18(24)6-3-11-22-19(25)17(29-21(22)28)12-15-4-1-2-5-16(15)13-7-9-14(10-8-13)20(26)27/h1-2,4-5,7-10,12H,3,6,11H2,(H,23,24)(H,26,27)/b17-12-. The normalized spacial score (nSPS) is 15.2. The number of carbonyl (C=O) groups is 3. The maximum atomic E-state index is 12.7. The average Bonchev–Trinajstić information content (AvgIpc) is 2.95. The summed E-state index contributed by atoms with van der Waals surface area (Å²) in [6.07, 6.45) is 2.07. The Morgan fingerprint density at radius 2 is 1.76 bits per heavy atom. The molecular weight excluding hydrogens is 410 g/mol. The minimum absolute atomic E-state index is 0.0225. The molecule has 3 rings (SSSR count). The van der Waals surface area contributed by atoms with E-state index in [4.69, 9.17) is 22.4 Å². The van der Waals surface area contributed by atoms with Crippen molar-refractivity contribution in [3.05, 3.63) is 64.6 Å². The maximum absolute atomic E-state index is 12.7. The monoisotopic (exact) mass is 427 g/mol. The largest absolute Gasteiger partial charge is 0.481 e. The number of thioether (sulfide) groups is 1. The number of carbonyl (C=O) groups excluding carboxylic acids is 1. The van der Waals surface area contributed by atoms with E-state index in [-0.39, 0.29) is 24.4 Å². The molecule has 29 heavy (non-hydrogen) atoms. The summed E-state index contributed by atoms with van der Waals surface area (Å²) in [5.74, 6) is -2.13. The van der Waals surface area contributed by atoms with Crippen molar-refractivity contribution < 1.29 is 24.6 Å². The van der Waals surface area contributed by atoms with Crippen LogP contribution in [0, 0.1) is 0 Å². The first kappa shape index (κ1) is 20.8. The number of hydrogen-bond acceptors (Lipinski definition) is 5. The predicted molar refractivity (Wildman–Crippen MR) is 116 cm³/mol. The highest BCUT2D eigenvalue weighted by atomic mass is 32.2. The van der Waals surface area contributed by atoms with Gasteiger partial charge in [0.15, 0.2) is 0 Å². The summed E-state index contributed by atoms with van der Waals surface area (Å²) in [4.78, 5) is 36.3. The zero-order valence-corrected chi connectivity index (χ0v) is 16.8. The number of amides is 1. The Morgan fingerprint density at radius 1 is 1.07 bits per heavy atom. The fourth-order valence-corrected chi connectivity index (χ4v) is 4.20. The second-order valence-electron chi connectivity index (χ2n) is 6.30. The molecule has 1 fully saturated rings. The van der Waals surface area contributed by atoms with Gasteiger partial charge in [0.25, 0.3) is 5.91 Å². The first-order chi connectivity index (χ1) is 13.9. The van der Waals surface area contributed by atoms with Crippen LogP contribution in [0.2, 0.25) is 0 Å². The van der Waals surface area contributed by atoms with Crippen LogP contribution in [0.15, 0.2) is 53.4 Å². The summed E-state index contributed by atoms with van der Waals surface area (Å²) in [5, 5.41) is 17.8. The summed E-state index contributed by atoms with van der Waals surface area (Å²) in [6, 6.07) is 14.0. The molecule has 0 unspecified atom stereocenters. The second-order valence-corrected chi connectivity index (χ2v) is 7.98. The van der Waals surface area contributed by atoms with Gasteiger partial charge >= 0.3 is 11.9 Å². The smallest absolute Gasteiger partial charge is 0.335 e. The summed E-state index contributed by atoms with van der Waals surface area (Å²) in [7, 11) is 0. The molecule has 2 aromatic rings. The van der Waals surface area contributed by atoms with Gasteiger partial charge in [-0.1, -0.05) is 60.4 Å². The van der Waals surface area contributed by atoms with Crippen LogP contribution in [-0.4, -0.2) is 43.8 Å². The Bertz CT molecular complexity index is 1010. The summed E-state index contributed by atoms with van der Waals surface area (Å²) < 4.78 is 0.412. The number of carboxylic acid groups (broad SMARTS) is 2. The van der Waals surface area contributed by atoms with Crippen LogP contribution in [0.5, 0.6) is 0 Å². The fourth-order valence-electron chi connectivity index (χ4n) is 2.90. The number of nitrogens with zero attached hydrogens (tertiary/aromatic N) is 1. The SMILES string of the molecule is O=C(O)CCCN1C(=O)/C(=C/c2ccccc2-c2ccc(C(=O)O)cc2)SC1=S. The van der Waals surface area contributed by atoms with Crippen LogP contribution < -0.4 is 0 Å². The molecule has 2 aromatic carbocycles. The molecule has 0 spiro atoms. The number of thiocarbonyl (C=S) groups is 1. The molecule has 1 heterocycles. The number of hydrogen-bond donors (Lipinski definition) is 2. The van der Waals surface area contributed by atoms with Crippen LogP contribution >= 0.6 is 24.0 Å². The van der Waals surface area contributed by atoms with Gasteiger partial charge in [-0.15, -0.1) is 0 Å². The van der Waals surface area contributed by atoms with Gasteiger partial charge in [0.05, 0.1) is 10.5 Å². The number of aromatic carboxylic acids is 1. The third kappa shape index (κ3) is 4.90. The van der Waals surface area contributed by atoms with Crippen LogP contribution in [0.25, 0.3) is 17.2 Å². The molecule has 0 saturated carbocycles. The number of carboxylic acids is 2. The average molecular weight is 428 g/mol. The van der Waals surface area contributed by atoms with E-state index in [2.05, 4.69) is 0 Å². The van der Waals surface area contributed by atoms with Gasteiger partial charge in [0.2, 0.25) is 0 Å². The predicted octanol–water partition coefficient (Wildman–Crippen LogP) is 4.12. The lowest BCUT2D eigenvalue weighted by Gasteiger charge is -2.13. The Kier molecular flexibility index (Phi) is 6.46. The lowest BCUT2D eigenvalue weighted by molar-refractivity contribution is -0.137. The van der Waals surface area contributed by atoms with Crippen molar-refractivity contribution >= 4 is 52.2 Å². The Morgan fingerprint density at radius 3 is 2.41 bits per heavy atom. The molecule has 1 amide bonds. The molecule has 6 nitrogen and oxygen atoms in total. The van der Waals surface area contributed by atoms with E-state index < -0.39 is 11.9 Å². The van der Waals surface area contributed by atoms with Crippen LogP contribution in [0.1, 0.15) is 28.8 Å². The molecule has 1 aliphatic rings. The molecule has 0 aromatic heterocycles. The highest BCUT2D eigenvalue weighted by Crippen LogP contribution is 2.35. The molecule has 2 N–H and O–H groups in total. The van der Waals surface area contributed by atoms with Gasteiger partial charge < -0.3 is 10.2 Å². The molecule has 0 radical (unpaired) electrons. The van der Waals surface area contributed by atoms with Crippen molar-refractivity contribution in [2.24, 2.45) is 0 Å². The van der Waals surface area contributed by atoms with Gasteiger partial charge in [-0.3, -0.25) is 14.5 Å². The van der Waals surface area contributed by atoms with E-state index in [0.717, 1.165) is 16.7 Å². The zero-order valence-electron chi connectivity index (χ0n) is 15.2. The molecule has 0 aliphatic carbocycles. The summed E-state index contributed by atoms with van der Waals surface area (Å²) >= 11 is 6.47. The molecule has 1 aliphatic heterocycles. The Balaban J connectivity index is 1.85. The van der Waals surface area contributed by atoms with Crippen molar-refractivity contribution in [1.82, 2.24) is 4.90 Å². The van der Waals surface area contributed by atoms with E-state index in [1.54, 1.807) is 18.2 Å². The third-order valence-corrected chi connectivity index (χ3v) is 5.71. The van der Waals surface area contributed by atoms with E-state index >= 15 is 0 Å². The molecule has 148 valence electrons. The molecule has 0 bridgehead atoms. The van der Waals surface area contributed by atoms with Gasteiger partial charge in [-0.2, -0.15) is 0 Å². The highest BCUT2D eigenvalue weighted by Gasteiger charge is 2.31.